The van der Waals surface area contributed by atoms with Crippen LogP contribution in [-0.2, 0) is 0 Å². The summed E-state index contributed by atoms with van der Waals surface area (Å²) in [6.45, 7) is 0.845. The summed E-state index contributed by atoms with van der Waals surface area (Å²) in [5, 5.41) is 11.1. The number of hydrogen-bond acceptors (Lipinski definition) is 2. The zero-order valence-electron chi connectivity index (χ0n) is 3.89. The van der Waals surface area contributed by atoms with E-state index < -0.39 is 0 Å². The van der Waals surface area contributed by atoms with Crippen molar-refractivity contribution >= 4 is 0 Å². The minimum atomic E-state index is -0.0278. The van der Waals surface area contributed by atoms with E-state index in [1.807, 2.05) is 12.2 Å². The van der Waals surface area contributed by atoms with E-state index in [0.717, 1.165) is 6.54 Å². The van der Waals surface area contributed by atoms with Gasteiger partial charge in [-0.2, -0.15) is 5.26 Å². The van der Waals surface area contributed by atoms with Crippen molar-refractivity contribution in [3.8, 4) is 6.07 Å². The van der Waals surface area contributed by atoms with Crippen LogP contribution in [0, 0.1) is 11.3 Å². The molecule has 0 saturated carbocycles. The third-order valence-corrected chi connectivity index (χ3v) is 0.923. The van der Waals surface area contributed by atoms with E-state index in [1.165, 1.54) is 0 Å². The van der Waals surface area contributed by atoms with Crippen molar-refractivity contribution in [1.82, 2.24) is 5.32 Å². The summed E-state index contributed by atoms with van der Waals surface area (Å²) in [6.07, 6.45) is 3.81. The molecule has 1 atom stereocenters. The molecule has 1 unspecified atom stereocenters. The Labute approximate surface area is 42.4 Å². The van der Waals surface area contributed by atoms with Gasteiger partial charge in [-0.05, 0) is 0 Å². The fraction of sp³-hybridized carbons (Fsp3) is 0.400. The van der Waals surface area contributed by atoms with E-state index in [1.54, 1.807) is 0 Å². The highest BCUT2D eigenvalue weighted by molar-refractivity contribution is 5.12. The van der Waals surface area contributed by atoms with Gasteiger partial charge in [-0.15, -0.1) is 0 Å². The zero-order valence-corrected chi connectivity index (χ0v) is 3.89. The fourth-order valence-electron chi connectivity index (χ4n) is 0.556. The molecular formula is C5H6N2. The first-order valence-corrected chi connectivity index (χ1v) is 2.23. The second-order valence-corrected chi connectivity index (χ2v) is 1.44. The van der Waals surface area contributed by atoms with Crippen LogP contribution in [0.15, 0.2) is 12.2 Å². The monoisotopic (exact) mass is 94.1 g/mol. The maximum Gasteiger partial charge on any atom is 0.114 e. The molecule has 2 heteroatoms. The van der Waals surface area contributed by atoms with E-state index in [4.69, 9.17) is 5.26 Å². The standard InChI is InChI=1S/C5H6N2/c6-4-5-2-1-3-7-5/h1-2,5,7H,3H2. The Morgan fingerprint density at radius 1 is 1.86 bits per heavy atom. The van der Waals surface area contributed by atoms with Crippen molar-refractivity contribution in [2.24, 2.45) is 0 Å². The molecule has 0 amide bonds. The number of hydrogen-bond donors (Lipinski definition) is 1. The van der Waals surface area contributed by atoms with Gasteiger partial charge < -0.3 is 0 Å². The van der Waals surface area contributed by atoms with E-state index >= 15 is 0 Å². The third-order valence-electron chi connectivity index (χ3n) is 0.923. The van der Waals surface area contributed by atoms with Crippen LogP contribution >= 0.6 is 0 Å². The molecule has 2 nitrogen and oxygen atoms in total. The number of rotatable bonds is 0. The first-order chi connectivity index (χ1) is 3.43. The van der Waals surface area contributed by atoms with Gasteiger partial charge in [0.2, 0.25) is 0 Å². The van der Waals surface area contributed by atoms with Crippen molar-refractivity contribution in [2.45, 2.75) is 6.04 Å². The second-order valence-electron chi connectivity index (χ2n) is 1.44. The number of nitrogens with zero attached hydrogens (tertiary/aromatic N) is 1. The molecule has 0 aliphatic carbocycles. The van der Waals surface area contributed by atoms with Crippen LogP contribution in [0.1, 0.15) is 0 Å². The minimum Gasteiger partial charge on any atom is -0.295 e. The molecule has 0 spiro atoms. The van der Waals surface area contributed by atoms with Crippen molar-refractivity contribution in [3.63, 3.8) is 0 Å². The van der Waals surface area contributed by atoms with Crippen molar-refractivity contribution in [3.05, 3.63) is 12.2 Å². The molecule has 1 aliphatic heterocycles. The lowest BCUT2D eigenvalue weighted by Gasteiger charge is -1.91. The molecule has 36 valence electrons. The van der Waals surface area contributed by atoms with E-state index in [2.05, 4.69) is 11.4 Å². The molecular weight excluding hydrogens is 88.1 g/mol. The molecule has 1 aliphatic rings. The summed E-state index contributed by atoms with van der Waals surface area (Å²) in [4.78, 5) is 0. The Balaban J connectivity index is 2.47. The number of nitrogens with one attached hydrogen (secondary N) is 1. The van der Waals surface area contributed by atoms with Crippen LogP contribution < -0.4 is 5.32 Å². The van der Waals surface area contributed by atoms with Crippen LogP contribution in [0.3, 0.4) is 0 Å². The van der Waals surface area contributed by atoms with Gasteiger partial charge >= 0.3 is 0 Å². The smallest absolute Gasteiger partial charge is 0.114 e. The van der Waals surface area contributed by atoms with Crippen molar-refractivity contribution in [2.75, 3.05) is 6.54 Å². The highest BCUT2D eigenvalue weighted by Gasteiger charge is 2.02. The predicted octanol–water partition coefficient (Wildman–Crippen LogP) is 0.0380. The largest absolute Gasteiger partial charge is 0.295 e. The summed E-state index contributed by atoms with van der Waals surface area (Å²) < 4.78 is 0. The molecule has 0 radical (unpaired) electrons. The average Bonchev–Trinajstić information content (AvgIpc) is 2.14. The third kappa shape index (κ3) is 0.787. The molecule has 1 heterocycles. The van der Waals surface area contributed by atoms with Crippen LogP contribution in [0.2, 0.25) is 0 Å². The van der Waals surface area contributed by atoms with Crippen LogP contribution in [0.4, 0.5) is 0 Å². The zero-order chi connectivity index (χ0) is 5.11. The second kappa shape index (κ2) is 1.76. The first kappa shape index (κ1) is 4.35. The van der Waals surface area contributed by atoms with E-state index in [0.29, 0.717) is 0 Å². The topological polar surface area (TPSA) is 35.8 Å². The van der Waals surface area contributed by atoms with Gasteiger partial charge in [-0.25, -0.2) is 0 Å². The lowest BCUT2D eigenvalue weighted by molar-refractivity contribution is 0.792. The molecule has 0 aromatic rings. The summed E-state index contributed by atoms with van der Waals surface area (Å²) in [5.41, 5.74) is 0. The van der Waals surface area contributed by atoms with Crippen LogP contribution in [0.25, 0.3) is 0 Å². The molecule has 0 aromatic carbocycles. The van der Waals surface area contributed by atoms with Gasteiger partial charge in [0.15, 0.2) is 0 Å². The molecule has 0 fully saturated rings. The fourth-order valence-corrected chi connectivity index (χ4v) is 0.556. The Hall–Kier alpha value is -0.810. The normalized spacial score (nSPS) is 27.6. The molecule has 0 bridgehead atoms. The van der Waals surface area contributed by atoms with E-state index in [9.17, 15) is 0 Å². The predicted molar refractivity (Wildman–Crippen MR) is 26.5 cm³/mol. The quantitative estimate of drug-likeness (QED) is 0.430. The molecule has 7 heavy (non-hydrogen) atoms. The Kier molecular flexibility index (Phi) is 1.10. The van der Waals surface area contributed by atoms with Gasteiger partial charge in [-0.1, -0.05) is 12.2 Å². The van der Waals surface area contributed by atoms with Crippen LogP contribution in [-0.4, -0.2) is 12.6 Å². The summed E-state index contributed by atoms with van der Waals surface area (Å²) in [7, 11) is 0. The Morgan fingerprint density at radius 3 is 3.00 bits per heavy atom. The van der Waals surface area contributed by atoms with Crippen molar-refractivity contribution in [1.29, 1.82) is 5.26 Å². The highest BCUT2D eigenvalue weighted by Crippen LogP contribution is 1.89. The molecule has 1 rings (SSSR count). The SMILES string of the molecule is N#CC1C=CCN1. The lowest BCUT2D eigenvalue weighted by atomic mass is 10.4. The Bertz CT molecular complexity index is 121. The average molecular weight is 94.1 g/mol. The summed E-state index contributed by atoms with van der Waals surface area (Å²) >= 11 is 0. The van der Waals surface area contributed by atoms with Gasteiger partial charge in [0.25, 0.3) is 0 Å². The first-order valence-electron chi connectivity index (χ1n) is 2.23. The maximum atomic E-state index is 8.20. The number of nitriles is 1. The van der Waals surface area contributed by atoms with Crippen LogP contribution in [0.5, 0.6) is 0 Å². The maximum absolute atomic E-state index is 8.20. The van der Waals surface area contributed by atoms with Crippen molar-refractivity contribution < 1.29 is 0 Å². The Morgan fingerprint density at radius 2 is 2.71 bits per heavy atom. The van der Waals surface area contributed by atoms with Gasteiger partial charge in [0.1, 0.15) is 6.04 Å². The van der Waals surface area contributed by atoms with Gasteiger partial charge in [0.05, 0.1) is 6.07 Å². The minimum absolute atomic E-state index is 0.0278. The molecule has 0 aromatic heterocycles. The molecule has 1 N–H and O–H groups in total. The molecule has 0 saturated heterocycles. The summed E-state index contributed by atoms with van der Waals surface area (Å²) in [5.74, 6) is 0. The lowest BCUT2D eigenvalue weighted by Crippen LogP contribution is -2.19. The summed E-state index contributed by atoms with van der Waals surface area (Å²) in [6, 6.07) is 2.04. The highest BCUT2D eigenvalue weighted by atomic mass is 14.9. The van der Waals surface area contributed by atoms with E-state index in [-0.39, 0.29) is 6.04 Å². The van der Waals surface area contributed by atoms with Gasteiger partial charge in [0, 0.05) is 6.54 Å². The van der Waals surface area contributed by atoms with Gasteiger partial charge in [-0.3, -0.25) is 5.32 Å².